The van der Waals surface area contributed by atoms with Gasteiger partial charge in [-0.15, -0.1) is 22.0 Å². The Morgan fingerprint density at radius 1 is 1.30 bits per heavy atom. The lowest BCUT2D eigenvalue weighted by molar-refractivity contribution is 0.521. The minimum absolute atomic E-state index is 0.0686. The number of nitrogens with one attached hydrogen (secondary N) is 1. The highest BCUT2D eigenvalue weighted by Crippen LogP contribution is 2.23. The molecule has 0 aliphatic carbocycles. The Morgan fingerprint density at radius 2 is 2.17 bits per heavy atom. The van der Waals surface area contributed by atoms with Crippen LogP contribution in [0.2, 0.25) is 0 Å². The van der Waals surface area contributed by atoms with Gasteiger partial charge in [0, 0.05) is 23.9 Å². The van der Waals surface area contributed by atoms with Gasteiger partial charge in [0.25, 0.3) is 0 Å². The molecule has 1 aliphatic rings. The number of benzene rings is 1. The highest BCUT2D eigenvalue weighted by atomic mass is 32.2. The first-order chi connectivity index (χ1) is 11.2. The Morgan fingerprint density at radius 3 is 2.96 bits per heavy atom. The molecule has 0 fully saturated rings. The topological polar surface area (TPSA) is 42.7 Å². The average Bonchev–Trinajstić information content (AvgIpc) is 2.79. The monoisotopic (exact) mass is 334 g/mol. The summed E-state index contributed by atoms with van der Waals surface area (Å²) in [6, 6.07) is 5.51. The number of halogens is 1. The fourth-order valence-electron chi connectivity index (χ4n) is 2.99. The molecule has 1 unspecified atom stereocenters. The molecule has 0 saturated carbocycles. The van der Waals surface area contributed by atoms with Crippen LogP contribution < -0.4 is 5.32 Å². The standard InChI is InChI=1S/C17H23FN4S/c1-12(13-7-8-15(23-2)14(18)10-13)19-11-17-21-20-16-6-4-3-5-9-22(16)17/h7-8,10,12,19H,3-6,9,11H2,1-2H3. The summed E-state index contributed by atoms with van der Waals surface area (Å²) in [7, 11) is 0. The van der Waals surface area contributed by atoms with E-state index in [4.69, 9.17) is 0 Å². The minimum Gasteiger partial charge on any atom is -0.314 e. The smallest absolute Gasteiger partial charge is 0.147 e. The predicted octanol–water partition coefficient (Wildman–Crippen LogP) is 3.72. The molecule has 0 radical (unpaired) electrons. The molecule has 0 bridgehead atoms. The number of thioether (sulfide) groups is 1. The molecule has 0 saturated heterocycles. The maximum Gasteiger partial charge on any atom is 0.147 e. The van der Waals surface area contributed by atoms with E-state index in [1.807, 2.05) is 25.3 Å². The van der Waals surface area contributed by atoms with Crippen LogP contribution in [-0.2, 0) is 19.5 Å². The predicted molar refractivity (Wildman–Crippen MR) is 91.0 cm³/mol. The quantitative estimate of drug-likeness (QED) is 0.847. The third-order valence-corrected chi connectivity index (χ3v) is 5.20. The molecule has 0 amide bonds. The van der Waals surface area contributed by atoms with E-state index in [1.165, 1.54) is 31.0 Å². The third kappa shape index (κ3) is 3.75. The minimum atomic E-state index is -0.153. The van der Waals surface area contributed by atoms with E-state index in [1.54, 1.807) is 6.07 Å². The molecule has 1 N–H and O–H groups in total. The van der Waals surface area contributed by atoms with Gasteiger partial charge in [-0.3, -0.25) is 0 Å². The van der Waals surface area contributed by atoms with Crippen molar-refractivity contribution in [1.29, 1.82) is 0 Å². The van der Waals surface area contributed by atoms with Crippen molar-refractivity contribution in [2.24, 2.45) is 0 Å². The number of hydrogen-bond donors (Lipinski definition) is 1. The second kappa shape index (κ2) is 7.45. The second-order valence-electron chi connectivity index (χ2n) is 5.99. The molecule has 1 aromatic heterocycles. The van der Waals surface area contributed by atoms with Gasteiger partial charge in [0.05, 0.1) is 6.54 Å². The number of aryl methyl sites for hydroxylation is 1. The van der Waals surface area contributed by atoms with Gasteiger partial charge in [0.2, 0.25) is 0 Å². The van der Waals surface area contributed by atoms with Crippen molar-refractivity contribution in [3.05, 3.63) is 41.2 Å². The van der Waals surface area contributed by atoms with Crippen molar-refractivity contribution in [3.63, 3.8) is 0 Å². The van der Waals surface area contributed by atoms with E-state index in [-0.39, 0.29) is 11.9 Å². The first-order valence-corrected chi connectivity index (χ1v) is 9.39. The lowest BCUT2D eigenvalue weighted by atomic mass is 10.1. The third-order valence-electron chi connectivity index (χ3n) is 4.43. The van der Waals surface area contributed by atoms with E-state index in [9.17, 15) is 4.39 Å². The van der Waals surface area contributed by atoms with E-state index < -0.39 is 0 Å². The van der Waals surface area contributed by atoms with E-state index >= 15 is 0 Å². The molecule has 4 nitrogen and oxygen atoms in total. The Bertz CT molecular complexity index is 671. The largest absolute Gasteiger partial charge is 0.314 e. The molecular formula is C17H23FN4S. The Kier molecular flexibility index (Phi) is 5.33. The van der Waals surface area contributed by atoms with Crippen molar-refractivity contribution in [1.82, 2.24) is 20.1 Å². The Hall–Kier alpha value is -1.40. The number of aromatic nitrogens is 3. The molecule has 124 valence electrons. The zero-order valence-corrected chi connectivity index (χ0v) is 14.5. The highest BCUT2D eigenvalue weighted by Gasteiger charge is 2.15. The van der Waals surface area contributed by atoms with Crippen LogP contribution in [0.3, 0.4) is 0 Å². The van der Waals surface area contributed by atoms with Gasteiger partial charge in [0.15, 0.2) is 0 Å². The molecule has 23 heavy (non-hydrogen) atoms. The van der Waals surface area contributed by atoms with Crippen molar-refractivity contribution in [2.45, 2.75) is 56.6 Å². The molecule has 0 spiro atoms. The lowest BCUT2D eigenvalue weighted by Gasteiger charge is -2.15. The van der Waals surface area contributed by atoms with Gasteiger partial charge in [-0.1, -0.05) is 12.5 Å². The van der Waals surface area contributed by atoms with E-state index in [2.05, 4.69) is 20.1 Å². The van der Waals surface area contributed by atoms with Crippen molar-refractivity contribution < 1.29 is 4.39 Å². The molecule has 2 heterocycles. The van der Waals surface area contributed by atoms with Crippen LogP contribution in [0.4, 0.5) is 4.39 Å². The summed E-state index contributed by atoms with van der Waals surface area (Å²) in [6.45, 7) is 3.71. The van der Waals surface area contributed by atoms with Gasteiger partial charge in [0.1, 0.15) is 17.5 Å². The number of hydrogen-bond acceptors (Lipinski definition) is 4. The van der Waals surface area contributed by atoms with Crippen LogP contribution in [0.25, 0.3) is 0 Å². The zero-order valence-electron chi connectivity index (χ0n) is 13.7. The van der Waals surface area contributed by atoms with Crippen LogP contribution in [0.1, 0.15) is 49.4 Å². The summed E-state index contributed by atoms with van der Waals surface area (Å²) in [5.74, 6) is 1.93. The van der Waals surface area contributed by atoms with Crippen molar-refractivity contribution >= 4 is 11.8 Å². The maximum atomic E-state index is 13.9. The van der Waals surface area contributed by atoms with Crippen LogP contribution in [-0.4, -0.2) is 21.0 Å². The molecule has 3 rings (SSSR count). The van der Waals surface area contributed by atoms with Gasteiger partial charge in [-0.25, -0.2) is 4.39 Å². The first-order valence-electron chi connectivity index (χ1n) is 8.17. The van der Waals surface area contributed by atoms with Gasteiger partial charge < -0.3 is 9.88 Å². The SMILES string of the molecule is CSc1ccc(C(C)NCc2nnc3n2CCCCC3)cc1F. The summed E-state index contributed by atoms with van der Waals surface area (Å²) in [6.07, 6.45) is 6.55. The van der Waals surface area contributed by atoms with Gasteiger partial charge in [-0.05, 0) is 43.7 Å². The summed E-state index contributed by atoms with van der Waals surface area (Å²) < 4.78 is 16.2. The molecule has 1 aromatic carbocycles. The number of nitrogens with zero attached hydrogens (tertiary/aromatic N) is 3. The summed E-state index contributed by atoms with van der Waals surface area (Å²) in [5, 5.41) is 12.1. The average molecular weight is 334 g/mol. The van der Waals surface area contributed by atoms with Crippen LogP contribution >= 0.6 is 11.8 Å². The summed E-state index contributed by atoms with van der Waals surface area (Å²) >= 11 is 1.43. The first kappa shape index (κ1) is 16.5. The van der Waals surface area contributed by atoms with Crippen LogP contribution in [0, 0.1) is 5.82 Å². The Labute approximate surface area is 140 Å². The van der Waals surface area contributed by atoms with Crippen molar-refractivity contribution in [2.75, 3.05) is 6.26 Å². The molecule has 1 aliphatic heterocycles. The second-order valence-corrected chi connectivity index (χ2v) is 6.84. The summed E-state index contributed by atoms with van der Waals surface area (Å²) in [4.78, 5) is 0.684. The maximum absolute atomic E-state index is 13.9. The molecule has 6 heteroatoms. The van der Waals surface area contributed by atoms with E-state index in [0.717, 1.165) is 30.2 Å². The van der Waals surface area contributed by atoms with Gasteiger partial charge >= 0.3 is 0 Å². The molecular weight excluding hydrogens is 311 g/mol. The summed E-state index contributed by atoms with van der Waals surface area (Å²) in [5.41, 5.74) is 0.955. The van der Waals surface area contributed by atoms with Gasteiger partial charge in [-0.2, -0.15) is 0 Å². The highest BCUT2D eigenvalue weighted by molar-refractivity contribution is 7.98. The zero-order chi connectivity index (χ0) is 16.2. The number of rotatable bonds is 5. The lowest BCUT2D eigenvalue weighted by Crippen LogP contribution is -2.21. The van der Waals surface area contributed by atoms with Crippen LogP contribution in [0.15, 0.2) is 23.1 Å². The molecule has 1 atom stereocenters. The fourth-order valence-corrected chi connectivity index (χ4v) is 3.45. The van der Waals surface area contributed by atoms with Crippen molar-refractivity contribution in [3.8, 4) is 0 Å². The Balaban J connectivity index is 1.66. The number of fused-ring (bicyclic) bond motifs is 1. The van der Waals surface area contributed by atoms with E-state index in [0.29, 0.717) is 11.4 Å². The normalized spacial score (nSPS) is 16.0. The van der Waals surface area contributed by atoms with Crippen LogP contribution in [0.5, 0.6) is 0 Å². The molecule has 2 aromatic rings. The fraction of sp³-hybridized carbons (Fsp3) is 0.529.